The Morgan fingerprint density at radius 2 is 0.929 bits per heavy atom. The fraction of sp³-hybridized carbons (Fsp3) is 0.962. The van der Waals surface area contributed by atoms with Crippen LogP contribution in [0.5, 0.6) is 0 Å². The molecule has 0 bridgehead atoms. The van der Waals surface area contributed by atoms with E-state index in [1.807, 2.05) is 13.8 Å². The Hall–Kier alpha value is -0.530. The normalized spacial score (nSPS) is 11.9. The van der Waals surface area contributed by atoms with Gasteiger partial charge in [-0.3, -0.25) is 4.79 Å². The molecule has 0 heterocycles. The van der Waals surface area contributed by atoms with Crippen molar-refractivity contribution >= 4 is 5.97 Å². The molecule has 0 saturated heterocycles. The topological polar surface area (TPSA) is 26.3 Å². The van der Waals surface area contributed by atoms with E-state index in [0.29, 0.717) is 0 Å². The minimum absolute atomic E-state index is 0.00727. The van der Waals surface area contributed by atoms with Gasteiger partial charge in [-0.05, 0) is 33.1 Å². The lowest BCUT2D eigenvalue weighted by Crippen LogP contribution is -2.35. The van der Waals surface area contributed by atoms with Gasteiger partial charge in [0, 0.05) is 0 Å². The molecule has 0 radical (unpaired) electrons. The summed E-state index contributed by atoms with van der Waals surface area (Å²) in [7, 11) is 0. The molecule has 0 aliphatic carbocycles. The third-order valence-electron chi connectivity index (χ3n) is 6.05. The highest BCUT2D eigenvalue weighted by molar-refractivity contribution is 5.77. The van der Waals surface area contributed by atoms with Crippen molar-refractivity contribution in [3.63, 3.8) is 0 Å². The summed E-state index contributed by atoms with van der Waals surface area (Å²) in [5.74, 6) is 0.101. The molecule has 0 aromatic carbocycles. The lowest BCUT2D eigenvalue weighted by molar-refractivity contribution is -0.162. The minimum Gasteiger partial charge on any atom is -0.463 e. The highest BCUT2D eigenvalue weighted by Crippen LogP contribution is 2.39. The molecule has 0 unspecified atom stereocenters. The van der Waals surface area contributed by atoms with Crippen molar-refractivity contribution in [3.8, 4) is 0 Å². The number of rotatable bonds is 20. The van der Waals surface area contributed by atoms with Gasteiger partial charge in [-0.1, -0.05) is 117 Å². The van der Waals surface area contributed by atoms with Crippen molar-refractivity contribution in [1.82, 2.24) is 0 Å². The van der Waals surface area contributed by atoms with E-state index < -0.39 is 0 Å². The molecule has 0 spiro atoms. The van der Waals surface area contributed by atoms with Crippen LogP contribution in [0.25, 0.3) is 0 Å². The van der Waals surface area contributed by atoms with Crippen LogP contribution in [0.2, 0.25) is 0 Å². The van der Waals surface area contributed by atoms with Gasteiger partial charge in [-0.15, -0.1) is 0 Å². The van der Waals surface area contributed by atoms with Crippen molar-refractivity contribution in [2.75, 3.05) is 0 Å². The summed E-state index contributed by atoms with van der Waals surface area (Å²) < 4.78 is 5.81. The van der Waals surface area contributed by atoms with Gasteiger partial charge in [0.25, 0.3) is 0 Å². The predicted molar refractivity (Wildman–Crippen MR) is 124 cm³/mol. The molecule has 2 nitrogen and oxygen atoms in total. The van der Waals surface area contributed by atoms with Gasteiger partial charge in [-0.2, -0.15) is 0 Å². The number of unbranched alkanes of at least 4 members (excludes halogenated alkanes) is 12. The molecule has 0 fully saturated rings. The largest absolute Gasteiger partial charge is 0.463 e. The highest BCUT2D eigenvalue weighted by atomic mass is 16.5. The van der Waals surface area contributed by atoms with Crippen molar-refractivity contribution in [1.29, 1.82) is 0 Å². The maximum absolute atomic E-state index is 13.2. The first-order chi connectivity index (χ1) is 13.5. The lowest BCUT2D eigenvalue weighted by Gasteiger charge is -2.33. The van der Waals surface area contributed by atoms with Crippen LogP contribution in [0.15, 0.2) is 0 Å². The average Bonchev–Trinajstić information content (AvgIpc) is 2.66. The van der Waals surface area contributed by atoms with Crippen molar-refractivity contribution in [3.05, 3.63) is 0 Å². The summed E-state index contributed by atoms with van der Waals surface area (Å²) in [5, 5.41) is 0. The summed E-state index contributed by atoms with van der Waals surface area (Å²) in [5.41, 5.74) is -0.227. The van der Waals surface area contributed by atoms with Gasteiger partial charge in [-0.25, -0.2) is 0 Å². The fourth-order valence-corrected chi connectivity index (χ4v) is 4.22. The molecule has 0 N–H and O–H groups in total. The van der Waals surface area contributed by atoms with Gasteiger partial charge in [0.05, 0.1) is 11.5 Å². The van der Waals surface area contributed by atoms with E-state index in [-0.39, 0.29) is 17.5 Å². The molecule has 0 rings (SSSR count). The van der Waals surface area contributed by atoms with E-state index in [2.05, 4.69) is 20.8 Å². The Morgan fingerprint density at radius 3 is 1.21 bits per heavy atom. The molecule has 168 valence electrons. The Balaban J connectivity index is 4.94. The summed E-state index contributed by atoms with van der Waals surface area (Å²) in [6.07, 6.45) is 22.1. The van der Waals surface area contributed by atoms with E-state index in [4.69, 9.17) is 4.74 Å². The molecule has 28 heavy (non-hydrogen) atoms. The summed E-state index contributed by atoms with van der Waals surface area (Å²) in [4.78, 5) is 13.2. The molecule has 0 atom stereocenters. The zero-order valence-electron chi connectivity index (χ0n) is 20.1. The first-order valence-corrected chi connectivity index (χ1v) is 12.7. The Labute approximate surface area is 177 Å². The van der Waals surface area contributed by atoms with Crippen LogP contribution < -0.4 is 0 Å². The van der Waals surface area contributed by atoms with Gasteiger partial charge in [0.15, 0.2) is 0 Å². The Bertz CT molecular complexity index is 312. The van der Waals surface area contributed by atoms with Gasteiger partial charge in [0.2, 0.25) is 0 Å². The summed E-state index contributed by atoms with van der Waals surface area (Å²) in [6.45, 7) is 10.8. The van der Waals surface area contributed by atoms with E-state index >= 15 is 0 Å². The van der Waals surface area contributed by atoms with E-state index in [1.54, 1.807) is 0 Å². The van der Waals surface area contributed by atoms with Crippen LogP contribution in [-0.2, 0) is 9.53 Å². The maximum Gasteiger partial charge on any atom is 0.312 e. The number of carbonyl (C=O) groups excluding carboxylic acids is 1. The lowest BCUT2D eigenvalue weighted by atomic mass is 9.74. The molecule has 0 saturated carbocycles. The number of ether oxygens (including phenoxy) is 1. The minimum atomic E-state index is -0.227. The second kappa shape index (κ2) is 18.5. The quantitative estimate of drug-likeness (QED) is 0.151. The summed E-state index contributed by atoms with van der Waals surface area (Å²) >= 11 is 0. The van der Waals surface area contributed by atoms with Crippen LogP contribution in [0.4, 0.5) is 0 Å². The standard InChI is InChI=1S/C26H52O2/c1-6-9-12-15-18-21-26(25(27)28-24(4)5,22-19-16-13-10-7-2)23-20-17-14-11-8-3/h24H,6-23H2,1-5H3. The molecule has 0 aliphatic rings. The van der Waals surface area contributed by atoms with E-state index in [0.717, 1.165) is 19.3 Å². The summed E-state index contributed by atoms with van der Waals surface area (Å²) in [6, 6.07) is 0. The molecule has 0 aromatic rings. The third kappa shape index (κ3) is 13.6. The van der Waals surface area contributed by atoms with Crippen LogP contribution in [0.1, 0.15) is 150 Å². The van der Waals surface area contributed by atoms with Gasteiger partial charge >= 0.3 is 5.97 Å². The fourth-order valence-electron chi connectivity index (χ4n) is 4.22. The first kappa shape index (κ1) is 27.5. The Kier molecular flexibility index (Phi) is 18.1. The molecule has 0 amide bonds. The highest BCUT2D eigenvalue weighted by Gasteiger charge is 2.38. The van der Waals surface area contributed by atoms with Crippen molar-refractivity contribution in [2.45, 2.75) is 156 Å². The van der Waals surface area contributed by atoms with E-state index in [9.17, 15) is 4.79 Å². The van der Waals surface area contributed by atoms with Crippen molar-refractivity contribution in [2.24, 2.45) is 5.41 Å². The van der Waals surface area contributed by atoms with Crippen LogP contribution in [0.3, 0.4) is 0 Å². The molecule has 2 heteroatoms. The first-order valence-electron chi connectivity index (χ1n) is 12.7. The zero-order valence-corrected chi connectivity index (χ0v) is 20.1. The van der Waals surface area contributed by atoms with E-state index in [1.165, 1.54) is 96.3 Å². The SMILES string of the molecule is CCCCCCCC(CCCCCCC)(CCCCCCC)C(=O)OC(C)C. The molecule has 0 aliphatic heterocycles. The number of carbonyl (C=O) groups is 1. The Morgan fingerprint density at radius 1 is 0.607 bits per heavy atom. The second-order valence-electron chi connectivity index (χ2n) is 9.23. The number of esters is 1. The zero-order chi connectivity index (χ0) is 21.1. The second-order valence-corrected chi connectivity index (χ2v) is 9.23. The van der Waals surface area contributed by atoms with Crippen LogP contribution in [0, 0.1) is 5.41 Å². The molecular formula is C26H52O2. The van der Waals surface area contributed by atoms with Gasteiger partial charge < -0.3 is 4.74 Å². The molecule has 0 aromatic heterocycles. The number of hydrogen-bond acceptors (Lipinski definition) is 2. The van der Waals surface area contributed by atoms with Crippen LogP contribution in [-0.4, -0.2) is 12.1 Å². The third-order valence-corrected chi connectivity index (χ3v) is 6.05. The molecular weight excluding hydrogens is 344 g/mol. The average molecular weight is 397 g/mol. The number of hydrogen-bond donors (Lipinski definition) is 0. The van der Waals surface area contributed by atoms with Crippen molar-refractivity contribution < 1.29 is 9.53 Å². The maximum atomic E-state index is 13.2. The van der Waals surface area contributed by atoms with Gasteiger partial charge in [0.1, 0.15) is 0 Å². The monoisotopic (exact) mass is 396 g/mol. The predicted octanol–water partition coefficient (Wildman–Crippen LogP) is 9.01. The van der Waals surface area contributed by atoms with Crippen LogP contribution >= 0.6 is 0 Å². The smallest absolute Gasteiger partial charge is 0.312 e.